The molecule has 18 heavy (non-hydrogen) atoms. The molecule has 3 nitrogen and oxygen atoms in total. The average Bonchev–Trinajstić information content (AvgIpc) is 2.41. The fraction of sp³-hybridized carbons (Fsp3) is 0.214. The quantitative estimate of drug-likeness (QED) is 0.846. The second kappa shape index (κ2) is 6.15. The summed E-state index contributed by atoms with van der Waals surface area (Å²) >= 11 is 2.23. The van der Waals surface area contributed by atoms with E-state index in [0.29, 0.717) is 17.9 Å². The normalized spacial score (nSPS) is 12.2. The Balaban J connectivity index is 2.14. The van der Waals surface area contributed by atoms with Crippen LogP contribution in [0.1, 0.15) is 25.1 Å². The second-order valence-electron chi connectivity index (χ2n) is 3.88. The molecule has 0 saturated carbocycles. The molecule has 0 spiro atoms. The lowest BCUT2D eigenvalue weighted by atomic mass is 10.2. The van der Waals surface area contributed by atoms with Crippen molar-refractivity contribution in [3.05, 3.63) is 51.9 Å². The largest absolute Gasteiger partial charge is 0.455 e. The number of nitrogens with zero attached hydrogens (tertiary/aromatic N) is 1. The smallest absolute Gasteiger partial charge is 0.145 e. The minimum absolute atomic E-state index is 0.504. The predicted molar refractivity (Wildman–Crippen MR) is 78.7 cm³/mol. The minimum atomic E-state index is -0.504. The number of aromatic nitrogens is 1. The summed E-state index contributed by atoms with van der Waals surface area (Å²) in [4.78, 5) is 4.20. The first-order valence-corrected chi connectivity index (χ1v) is 6.85. The molecule has 1 N–H and O–H groups in total. The Morgan fingerprint density at radius 1 is 1.28 bits per heavy atom. The van der Waals surface area contributed by atoms with Gasteiger partial charge in [0.05, 0.1) is 21.6 Å². The highest BCUT2D eigenvalue weighted by Gasteiger charge is 2.07. The molecule has 0 aliphatic carbocycles. The van der Waals surface area contributed by atoms with Gasteiger partial charge in [0.1, 0.15) is 11.5 Å². The highest BCUT2D eigenvalue weighted by Crippen LogP contribution is 2.26. The first kappa shape index (κ1) is 13.3. The van der Waals surface area contributed by atoms with Crippen LogP contribution in [0.15, 0.2) is 42.6 Å². The molecule has 0 bridgehead atoms. The molecule has 94 valence electrons. The Labute approximate surface area is 120 Å². The van der Waals surface area contributed by atoms with Gasteiger partial charge in [-0.05, 0) is 53.3 Å². The van der Waals surface area contributed by atoms with E-state index >= 15 is 0 Å². The molecule has 4 heteroatoms. The summed E-state index contributed by atoms with van der Waals surface area (Å²) in [7, 11) is 0. The summed E-state index contributed by atoms with van der Waals surface area (Å²) in [5.74, 6) is 1.48. The Hall–Kier alpha value is -1.14. The van der Waals surface area contributed by atoms with E-state index in [-0.39, 0.29) is 0 Å². The molecule has 1 aromatic carbocycles. The maximum Gasteiger partial charge on any atom is 0.145 e. The Morgan fingerprint density at radius 3 is 2.67 bits per heavy atom. The van der Waals surface area contributed by atoms with Crippen LogP contribution in [0.5, 0.6) is 11.5 Å². The monoisotopic (exact) mass is 355 g/mol. The fourth-order valence-corrected chi connectivity index (χ4v) is 2.01. The Bertz CT molecular complexity index is 513. The van der Waals surface area contributed by atoms with Crippen LogP contribution in [-0.4, -0.2) is 10.1 Å². The van der Waals surface area contributed by atoms with Crippen molar-refractivity contribution in [1.82, 2.24) is 4.98 Å². The summed E-state index contributed by atoms with van der Waals surface area (Å²) in [5, 5.41) is 9.65. The predicted octanol–water partition coefficient (Wildman–Crippen LogP) is 3.92. The van der Waals surface area contributed by atoms with Gasteiger partial charge in [-0.3, -0.25) is 4.98 Å². The zero-order chi connectivity index (χ0) is 13.0. The third-order valence-electron chi connectivity index (χ3n) is 2.55. The number of rotatable bonds is 4. The van der Waals surface area contributed by atoms with E-state index in [2.05, 4.69) is 27.6 Å². The van der Waals surface area contributed by atoms with Gasteiger partial charge in [-0.25, -0.2) is 0 Å². The zero-order valence-corrected chi connectivity index (χ0v) is 12.2. The summed E-state index contributed by atoms with van der Waals surface area (Å²) in [5.41, 5.74) is 0.674. The van der Waals surface area contributed by atoms with Crippen molar-refractivity contribution in [2.24, 2.45) is 0 Å². The molecule has 0 aliphatic rings. The Morgan fingerprint density at radius 2 is 2.06 bits per heavy atom. The van der Waals surface area contributed by atoms with E-state index < -0.39 is 6.10 Å². The van der Waals surface area contributed by atoms with Crippen LogP contribution in [0.2, 0.25) is 0 Å². The van der Waals surface area contributed by atoms with E-state index in [1.165, 1.54) is 0 Å². The summed E-state index contributed by atoms with van der Waals surface area (Å²) in [6.07, 6.45) is 1.79. The fourth-order valence-electron chi connectivity index (χ4n) is 1.51. The van der Waals surface area contributed by atoms with Gasteiger partial charge in [0.25, 0.3) is 0 Å². The number of pyridine rings is 1. The molecule has 0 aliphatic heterocycles. The topological polar surface area (TPSA) is 42.4 Å². The van der Waals surface area contributed by atoms with Crippen LogP contribution < -0.4 is 4.74 Å². The molecule has 0 fully saturated rings. The van der Waals surface area contributed by atoms with E-state index in [0.717, 1.165) is 9.32 Å². The lowest BCUT2D eigenvalue weighted by molar-refractivity contribution is 0.169. The lowest BCUT2D eigenvalue weighted by Gasteiger charge is -2.09. The summed E-state index contributed by atoms with van der Waals surface area (Å²) < 4.78 is 6.77. The van der Waals surface area contributed by atoms with Crippen molar-refractivity contribution in [3.63, 3.8) is 0 Å². The average molecular weight is 355 g/mol. The molecular formula is C14H14INO2. The molecule has 1 unspecified atom stereocenters. The minimum Gasteiger partial charge on any atom is -0.455 e. The van der Waals surface area contributed by atoms with E-state index in [9.17, 15) is 5.11 Å². The van der Waals surface area contributed by atoms with Crippen molar-refractivity contribution < 1.29 is 9.84 Å². The number of aliphatic hydroxyl groups is 1. The summed E-state index contributed by atoms with van der Waals surface area (Å²) in [6.45, 7) is 1.92. The molecule has 2 aromatic rings. The van der Waals surface area contributed by atoms with Crippen LogP contribution in [0.3, 0.4) is 0 Å². The standard InChI is InChI=1S/C14H14INO2/c1-2-13(17)12-8-7-10(9-16-12)18-14-6-4-3-5-11(14)15/h3-9,13,17H,2H2,1H3. The van der Waals surface area contributed by atoms with E-state index in [1.807, 2.05) is 37.3 Å². The van der Waals surface area contributed by atoms with Crippen molar-refractivity contribution >= 4 is 22.6 Å². The van der Waals surface area contributed by atoms with Crippen LogP contribution >= 0.6 is 22.6 Å². The number of para-hydroxylation sites is 1. The van der Waals surface area contributed by atoms with Gasteiger partial charge in [0, 0.05) is 0 Å². The number of hydrogen-bond donors (Lipinski definition) is 1. The van der Waals surface area contributed by atoms with Crippen LogP contribution in [0.25, 0.3) is 0 Å². The molecule has 0 amide bonds. The third-order valence-corrected chi connectivity index (χ3v) is 3.44. The van der Waals surface area contributed by atoms with Crippen LogP contribution in [0, 0.1) is 3.57 Å². The number of halogens is 1. The SMILES string of the molecule is CCC(O)c1ccc(Oc2ccccc2I)cn1. The first-order chi connectivity index (χ1) is 8.70. The van der Waals surface area contributed by atoms with Gasteiger partial charge >= 0.3 is 0 Å². The van der Waals surface area contributed by atoms with Crippen LogP contribution in [0.4, 0.5) is 0 Å². The molecule has 1 atom stereocenters. The molecule has 1 heterocycles. The molecule has 1 aromatic heterocycles. The number of aliphatic hydroxyl groups excluding tert-OH is 1. The number of hydrogen-bond acceptors (Lipinski definition) is 3. The maximum absolute atomic E-state index is 9.65. The maximum atomic E-state index is 9.65. The van der Waals surface area contributed by atoms with Gasteiger partial charge < -0.3 is 9.84 Å². The van der Waals surface area contributed by atoms with Gasteiger partial charge in [0.15, 0.2) is 0 Å². The Kier molecular flexibility index (Phi) is 4.54. The molecule has 2 rings (SSSR count). The van der Waals surface area contributed by atoms with Crippen molar-refractivity contribution in [2.45, 2.75) is 19.4 Å². The van der Waals surface area contributed by atoms with Crippen molar-refractivity contribution in [3.8, 4) is 11.5 Å². The highest BCUT2D eigenvalue weighted by atomic mass is 127. The zero-order valence-electron chi connectivity index (χ0n) is 10.0. The van der Waals surface area contributed by atoms with E-state index in [1.54, 1.807) is 12.3 Å². The number of benzene rings is 1. The first-order valence-electron chi connectivity index (χ1n) is 5.77. The van der Waals surface area contributed by atoms with Crippen molar-refractivity contribution in [2.75, 3.05) is 0 Å². The van der Waals surface area contributed by atoms with Crippen LogP contribution in [-0.2, 0) is 0 Å². The lowest BCUT2D eigenvalue weighted by Crippen LogP contribution is -1.98. The summed E-state index contributed by atoms with van der Waals surface area (Å²) in [6, 6.07) is 11.4. The molecular weight excluding hydrogens is 341 g/mol. The molecule has 0 radical (unpaired) electrons. The number of ether oxygens (including phenoxy) is 1. The molecule has 0 saturated heterocycles. The van der Waals surface area contributed by atoms with Gasteiger partial charge in [0.2, 0.25) is 0 Å². The van der Waals surface area contributed by atoms with Gasteiger partial charge in [-0.1, -0.05) is 19.1 Å². The highest BCUT2D eigenvalue weighted by molar-refractivity contribution is 14.1. The third kappa shape index (κ3) is 3.20. The second-order valence-corrected chi connectivity index (χ2v) is 5.04. The van der Waals surface area contributed by atoms with Crippen molar-refractivity contribution in [1.29, 1.82) is 0 Å². The van der Waals surface area contributed by atoms with Gasteiger partial charge in [-0.2, -0.15) is 0 Å². The van der Waals surface area contributed by atoms with Gasteiger partial charge in [-0.15, -0.1) is 0 Å². The van der Waals surface area contributed by atoms with E-state index in [4.69, 9.17) is 4.74 Å².